The first-order chi connectivity index (χ1) is 14.6. The lowest BCUT2D eigenvalue weighted by Gasteiger charge is -2.23. The van der Waals surface area contributed by atoms with Crippen molar-refractivity contribution in [2.24, 2.45) is 5.92 Å². The number of carbonyl (C=O) groups excluding carboxylic acids is 1. The Balaban J connectivity index is 1.41. The fourth-order valence-electron chi connectivity index (χ4n) is 3.86. The van der Waals surface area contributed by atoms with E-state index in [-0.39, 0.29) is 17.9 Å². The van der Waals surface area contributed by atoms with E-state index < -0.39 is 0 Å². The molecular weight excluding hydrogens is 378 g/mol. The lowest BCUT2D eigenvalue weighted by Crippen LogP contribution is -2.27. The average Bonchev–Trinajstić information content (AvgIpc) is 3.09. The van der Waals surface area contributed by atoms with Crippen LogP contribution < -0.4 is 10.1 Å². The van der Waals surface area contributed by atoms with Crippen LogP contribution in [-0.2, 0) is 16.1 Å². The quantitative estimate of drug-likeness (QED) is 0.623. The first kappa shape index (κ1) is 20.4. The van der Waals surface area contributed by atoms with Crippen LogP contribution in [0.1, 0.15) is 32.0 Å². The van der Waals surface area contributed by atoms with Crippen LogP contribution >= 0.6 is 0 Å². The van der Waals surface area contributed by atoms with Crippen LogP contribution in [0.2, 0.25) is 0 Å². The highest BCUT2D eigenvalue weighted by atomic mass is 16.5. The monoisotopic (exact) mass is 407 g/mol. The Bertz CT molecular complexity index is 1010. The van der Waals surface area contributed by atoms with Gasteiger partial charge in [0.2, 0.25) is 5.91 Å². The minimum absolute atomic E-state index is 0.0443. The zero-order valence-corrected chi connectivity index (χ0v) is 17.6. The topological polar surface area (TPSA) is 65.4 Å². The van der Waals surface area contributed by atoms with Gasteiger partial charge in [-0.3, -0.25) is 4.79 Å². The molecule has 1 aromatic heterocycles. The van der Waals surface area contributed by atoms with Crippen LogP contribution in [0.4, 0.5) is 5.69 Å². The number of imidazole rings is 1. The SMILES string of the molecule is Cc1nc2ccccc2n1C[C@@H](C)C(=O)Nc1ccccc1OC[C@@H]1CCCCO1. The van der Waals surface area contributed by atoms with Gasteiger partial charge in [-0.2, -0.15) is 0 Å². The molecule has 1 N–H and O–H groups in total. The summed E-state index contributed by atoms with van der Waals surface area (Å²) in [4.78, 5) is 17.5. The number of hydrogen-bond donors (Lipinski definition) is 1. The normalized spacial score (nSPS) is 17.6. The molecule has 0 spiro atoms. The second kappa shape index (κ2) is 9.30. The van der Waals surface area contributed by atoms with Crippen molar-refractivity contribution in [2.75, 3.05) is 18.5 Å². The summed E-state index contributed by atoms with van der Waals surface area (Å²) in [6, 6.07) is 15.6. The smallest absolute Gasteiger partial charge is 0.229 e. The summed E-state index contributed by atoms with van der Waals surface area (Å²) in [5.74, 6) is 1.32. The van der Waals surface area contributed by atoms with Crippen LogP contribution in [0.15, 0.2) is 48.5 Å². The summed E-state index contributed by atoms with van der Waals surface area (Å²) < 4.78 is 13.8. The highest BCUT2D eigenvalue weighted by Gasteiger charge is 2.19. The maximum atomic E-state index is 12.9. The Morgan fingerprint density at radius 1 is 1.23 bits per heavy atom. The molecule has 158 valence electrons. The summed E-state index contributed by atoms with van der Waals surface area (Å²) >= 11 is 0. The third-order valence-electron chi connectivity index (χ3n) is 5.59. The van der Waals surface area contributed by atoms with Gasteiger partial charge in [-0.25, -0.2) is 4.98 Å². The minimum Gasteiger partial charge on any atom is -0.489 e. The molecule has 30 heavy (non-hydrogen) atoms. The number of fused-ring (bicyclic) bond motifs is 1. The predicted octanol–water partition coefficient (Wildman–Crippen LogP) is 4.57. The van der Waals surface area contributed by atoms with Gasteiger partial charge in [-0.15, -0.1) is 0 Å². The van der Waals surface area contributed by atoms with E-state index in [0.717, 1.165) is 36.3 Å². The summed E-state index contributed by atoms with van der Waals surface area (Å²) in [7, 11) is 0. The lowest BCUT2D eigenvalue weighted by atomic mass is 10.1. The molecule has 4 rings (SSSR count). The Hall–Kier alpha value is -2.86. The molecule has 6 nitrogen and oxygen atoms in total. The van der Waals surface area contributed by atoms with Crippen LogP contribution in [0.5, 0.6) is 5.75 Å². The second-order valence-corrected chi connectivity index (χ2v) is 7.94. The zero-order chi connectivity index (χ0) is 20.9. The number of carbonyl (C=O) groups is 1. The maximum Gasteiger partial charge on any atom is 0.229 e. The van der Waals surface area contributed by atoms with Gasteiger partial charge in [0, 0.05) is 13.2 Å². The van der Waals surface area contributed by atoms with Crippen molar-refractivity contribution in [3.05, 3.63) is 54.4 Å². The number of nitrogens with one attached hydrogen (secondary N) is 1. The van der Waals surface area contributed by atoms with E-state index in [2.05, 4.69) is 14.9 Å². The van der Waals surface area contributed by atoms with Gasteiger partial charge in [0.25, 0.3) is 0 Å². The van der Waals surface area contributed by atoms with Gasteiger partial charge in [-0.1, -0.05) is 31.2 Å². The van der Waals surface area contributed by atoms with Crippen molar-refractivity contribution < 1.29 is 14.3 Å². The van der Waals surface area contributed by atoms with E-state index in [1.807, 2.05) is 62.4 Å². The van der Waals surface area contributed by atoms with Gasteiger partial charge in [0.05, 0.1) is 28.7 Å². The van der Waals surface area contributed by atoms with E-state index in [4.69, 9.17) is 9.47 Å². The number of hydrogen-bond acceptors (Lipinski definition) is 4. The van der Waals surface area contributed by atoms with Gasteiger partial charge >= 0.3 is 0 Å². The fourth-order valence-corrected chi connectivity index (χ4v) is 3.86. The van der Waals surface area contributed by atoms with Crippen molar-refractivity contribution in [3.63, 3.8) is 0 Å². The van der Waals surface area contributed by atoms with Crippen molar-refractivity contribution in [1.82, 2.24) is 9.55 Å². The highest BCUT2D eigenvalue weighted by Crippen LogP contribution is 2.26. The van der Waals surface area contributed by atoms with Gasteiger partial charge < -0.3 is 19.4 Å². The second-order valence-electron chi connectivity index (χ2n) is 7.94. The van der Waals surface area contributed by atoms with Crippen molar-refractivity contribution in [2.45, 2.75) is 45.8 Å². The summed E-state index contributed by atoms with van der Waals surface area (Å²) in [6.07, 6.45) is 3.43. The molecule has 1 saturated heterocycles. The molecule has 0 aliphatic carbocycles. The molecule has 6 heteroatoms. The van der Waals surface area contributed by atoms with E-state index >= 15 is 0 Å². The minimum atomic E-state index is -0.226. The highest BCUT2D eigenvalue weighted by molar-refractivity contribution is 5.93. The number of ether oxygens (including phenoxy) is 2. The number of aryl methyl sites for hydroxylation is 1. The molecule has 0 unspecified atom stereocenters. The third-order valence-corrected chi connectivity index (χ3v) is 5.59. The van der Waals surface area contributed by atoms with E-state index in [0.29, 0.717) is 24.6 Å². The van der Waals surface area contributed by atoms with E-state index in [9.17, 15) is 4.79 Å². The van der Waals surface area contributed by atoms with E-state index in [1.54, 1.807) is 0 Å². The number of para-hydroxylation sites is 4. The van der Waals surface area contributed by atoms with Gasteiger partial charge in [0.15, 0.2) is 0 Å². The number of nitrogens with zero attached hydrogens (tertiary/aromatic N) is 2. The Labute approximate surface area is 177 Å². The number of anilines is 1. The molecule has 2 aromatic carbocycles. The molecule has 1 fully saturated rings. The largest absolute Gasteiger partial charge is 0.489 e. The first-order valence-electron chi connectivity index (χ1n) is 10.7. The number of amides is 1. The summed E-state index contributed by atoms with van der Waals surface area (Å²) in [6.45, 7) is 5.77. The molecule has 2 heterocycles. The molecule has 0 radical (unpaired) electrons. The van der Waals surface area contributed by atoms with Gasteiger partial charge in [-0.05, 0) is 50.5 Å². The number of aromatic nitrogens is 2. The summed E-state index contributed by atoms with van der Waals surface area (Å²) in [5.41, 5.74) is 2.69. The molecular formula is C24H29N3O3. The number of benzene rings is 2. The first-order valence-corrected chi connectivity index (χ1v) is 10.7. The van der Waals surface area contributed by atoms with Crippen LogP contribution in [0.3, 0.4) is 0 Å². The zero-order valence-electron chi connectivity index (χ0n) is 17.6. The average molecular weight is 408 g/mol. The van der Waals surface area contributed by atoms with Gasteiger partial charge in [0.1, 0.15) is 18.2 Å². The molecule has 1 amide bonds. The van der Waals surface area contributed by atoms with Crippen molar-refractivity contribution in [1.29, 1.82) is 0 Å². The van der Waals surface area contributed by atoms with Crippen LogP contribution in [-0.4, -0.2) is 34.8 Å². The van der Waals surface area contributed by atoms with Crippen molar-refractivity contribution >= 4 is 22.6 Å². The molecule has 3 aromatic rings. The molecule has 0 bridgehead atoms. The lowest BCUT2D eigenvalue weighted by molar-refractivity contribution is -0.119. The maximum absolute atomic E-state index is 12.9. The molecule has 1 aliphatic rings. The van der Waals surface area contributed by atoms with Crippen LogP contribution in [0, 0.1) is 12.8 Å². The fraction of sp³-hybridized carbons (Fsp3) is 0.417. The van der Waals surface area contributed by atoms with Crippen molar-refractivity contribution in [3.8, 4) is 5.75 Å². The van der Waals surface area contributed by atoms with Crippen LogP contribution in [0.25, 0.3) is 11.0 Å². The Morgan fingerprint density at radius 2 is 2.03 bits per heavy atom. The molecule has 2 atom stereocenters. The Kier molecular flexibility index (Phi) is 6.33. The predicted molar refractivity (Wildman–Crippen MR) is 118 cm³/mol. The summed E-state index contributed by atoms with van der Waals surface area (Å²) in [5, 5.41) is 3.04. The number of rotatable bonds is 7. The molecule has 1 aliphatic heterocycles. The Morgan fingerprint density at radius 3 is 2.87 bits per heavy atom. The van der Waals surface area contributed by atoms with E-state index in [1.165, 1.54) is 6.42 Å². The standard InChI is InChI=1S/C24H29N3O3/c1-17(15-27-18(2)25-20-10-3-5-12-22(20)27)24(28)26-21-11-4-6-13-23(21)30-16-19-9-7-8-14-29-19/h3-6,10-13,17,19H,7-9,14-16H2,1-2H3,(H,26,28)/t17-,19+/m1/s1. The molecule has 0 saturated carbocycles. The third kappa shape index (κ3) is 4.65.